The summed E-state index contributed by atoms with van der Waals surface area (Å²) in [5.74, 6) is 0.912. The van der Waals surface area contributed by atoms with Crippen molar-refractivity contribution in [3.05, 3.63) is 29.8 Å². The third-order valence-corrected chi connectivity index (χ3v) is 5.16. The minimum Gasteiger partial charge on any atom is -0.377 e. The lowest BCUT2D eigenvalue weighted by Crippen LogP contribution is -2.21. The van der Waals surface area contributed by atoms with Gasteiger partial charge in [-0.25, -0.2) is 0 Å². The topological polar surface area (TPSA) is 52.8 Å². The van der Waals surface area contributed by atoms with Crippen molar-refractivity contribution in [2.75, 3.05) is 12.4 Å². The van der Waals surface area contributed by atoms with Crippen molar-refractivity contribution in [3.63, 3.8) is 0 Å². The number of ether oxygens (including phenoxy) is 1. The second-order valence-electron chi connectivity index (χ2n) is 5.94. The van der Waals surface area contributed by atoms with E-state index in [4.69, 9.17) is 4.74 Å². The second kappa shape index (κ2) is 8.45. The number of tetrazole rings is 1. The van der Waals surface area contributed by atoms with Crippen LogP contribution in [0.3, 0.4) is 0 Å². The molecule has 0 spiro atoms. The highest BCUT2D eigenvalue weighted by atomic mass is 32.2. The van der Waals surface area contributed by atoms with Crippen LogP contribution in [0.1, 0.15) is 44.6 Å². The summed E-state index contributed by atoms with van der Waals surface area (Å²) < 4.78 is 7.59. The molecule has 0 bridgehead atoms. The molecule has 0 saturated carbocycles. The number of thioether (sulfide) groups is 1. The summed E-state index contributed by atoms with van der Waals surface area (Å²) >= 11 is 1.68. The number of hydrogen-bond acceptors (Lipinski definition) is 5. The summed E-state index contributed by atoms with van der Waals surface area (Å²) in [6, 6.07) is 8.54. The van der Waals surface area contributed by atoms with Gasteiger partial charge in [-0.1, -0.05) is 37.2 Å². The van der Waals surface area contributed by atoms with E-state index in [1.54, 1.807) is 11.8 Å². The highest BCUT2D eigenvalue weighted by molar-refractivity contribution is 7.99. The molecule has 0 N–H and O–H groups in total. The van der Waals surface area contributed by atoms with Crippen LogP contribution in [0.4, 0.5) is 0 Å². The molecule has 0 aliphatic carbocycles. The largest absolute Gasteiger partial charge is 0.377 e. The van der Waals surface area contributed by atoms with Crippen LogP contribution in [-0.2, 0) is 11.2 Å². The predicted molar refractivity (Wildman–Crippen MR) is 92.1 cm³/mol. The van der Waals surface area contributed by atoms with Crippen LogP contribution in [0.5, 0.6) is 0 Å². The SMILES string of the molecule is CCCCc1ccc(-n2nnnc2SCC2CCCCO2)cc1. The first kappa shape index (κ1) is 16.5. The molecule has 3 rings (SSSR count). The van der Waals surface area contributed by atoms with Gasteiger partial charge in [-0.3, -0.25) is 0 Å². The zero-order valence-corrected chi connectivity index (χ0v) is 14.5. The van der Waals surface area contributed by atoms with Gasteiger partial charge in [0.1, 0.15) is 0 Å². The van der Waals surface area contributed by atoms with Gasteiger partial charge in [0, 0.05) is 12.4 Å². The van der Waals surface area contributed by atoms with E-state index in [2.05, 4.69) is 46.7 Å². The normalized spacial score (nSPS) is 18.2. The monoisotopic (exact) mass is 332 g/mol. The standard InChI is InChI=1S/C17H24N4OS/c1-2-3-6-14-8-10-15(11-9-14)21-17(18-19-20-21)23-13-16-7-4-5-12-22-16/h8-11,16H,2-7,12-13H2,1H3. The molecular weight excluding hydrogens is 308 g/mol. The van der Waals surface area contributed by atoms with Gasteiger partial charge in [0.2, 0.25) is 5.16 Å². The third kappa shape index (κ3) is 4.54. The maximum absolute atomic E-state index is 5.78. The maximum atomic E-state index is 5.78. The Hall–Kier alpha value is -1.40. The number of hydrogen-bond donors (Lipinski definition) is 0. The molecule has 23 heavy (non-hydrogen) atoms. The minimum absolute atomic E-state index is 0.329. The van der Waals surface area contributed by atoms with Crippen LogP contribution in [0, 0.1) is 0 Å². The highest BCUT2D eigenvalue weighted by Gasteiger charge is 2.16. The van der Waals surface area contributed by atoms with Crippen molar-refractivity contribution in [2.45, 2.75) is 56.7 Å². The van der Waals surface area contributed by atoms with Gasteiger partial charge in [0.15, 0.2) is 0 Å². The van der Waals surface area contributed by atoms with Crippen molar-refractivity contribution in [2.24, 2.45) is 0 Å². The van der Waals surface area contributed by atoms with Crippen LogP contribution >= 0.6 is 11.8 Å². The Balaban J connectivity index is 1.62. The van der Waals surface area contributed by atoms with Crippen molar-refractivity contribution in [1.29, 1.82) is 0 Å². The molecule has 124 valence electrons. The van der Waals surface area contributed by atoms with Gasteiger partial charge in [-0.05, 0) is 60.2 Å². The fourth-order valence-electron chi connectivity index (χ4n) is 2.72. The first-order valence-electron chi connectivity index (χ1n) is 8.49. The zero-order valence-electron chi connectivity index (χ0n) is 13.6. The molecule has 5 nitrogen and oxygen atoms in total. The maximum Gasteiger partial charge on any atom is 0.214 e. The minimum atomic E-state index is 0.329. The van der Waals surface area contributed by atoms with Gasteiger partial charge < -0.3 is 4.74 Å². The molecule has 1 atom stereocenters. The van der Waals surface area contributed by atoms with Gasteiger partial charge in [0.25, 0.3) is 0 Å². The summed E-state index contributed by atoms with van der Waals surface area (Å²) in [4.78, 5) is 0. The number of unbranched alkanes of at least 4 members (excludes halogenated alkanes) is 1. The Morgan fingerprint density at radius 2 is 2.13 bits per heavy atom. The fraction of sp³-hybridized carbons (Fsp3) is 0.588. The summed E-state index contributed by atoms with van der Waals surface area (Å²) in [5, 5.41) is 13.0. The van der Waals surface area contributed by atoms with Crippen molar-refractivity contribution >= 4 is 11.8 Å². The van der Waals surface area contributed by atoms with Crippen molar-refractivity contribution < 1.29 is 4.74 Å². The van der Waals surface area contributed by atoms with Crippen LogP contribution < -0.4 is 0 Å². The molecular formula is C17H24N4OS. The molecule has 1 fully saturated rings. The molecule has 1 aromatic carbocycles. The molecule has 2 heterocycles. The number of benzene rings is 1. The lowest BCUT2D eigenvalue weighted by molar-refractivity contribution is 0.0315. The highest BCUT2D eigenvalue weighted by Crippen LogP contribution is 2.23. The average Bonchev–Trinajstić information content (AvgIpc) is 3.08. The summed E-state index contributed by atoms with van der Waals surface area (Å²) in [7, 11) is 0. The molecule has 0 amide bonds. The molecule has 6 heteroatoms. The van der Waals surface area contributed by atoms with Gasteiger partial charge in [0.05, 0.1) is 11.8 Å². The van der Waals surface area contributed by atoms with E-state index in [-0.39, 0.29) is 0 Å². The van der Waals surface area contributed by atoms with E-state index in [0.717, 1.165) is 36.0 Å². The Bertz CT molecular complexity index is 593. The fourth-order valence-corrected chi connectivity index (χ4v) is 3.68. The third-order valence-electron chi connectivity index (χ3n) is 4.11. The Kier molecular flexibility index (Phi) is 6.05. The lowest BCUT2D eigenvalue weighted by Gasteiger charge is -2.21. The van der Waals surface area contributed by atoms with E-state index < -0.39 is 0 Å². The van der Waals surface area contributed by atoms with Gasteiger partial charge >= 0.3 is 0 Å². The summed E-state index contributed by atoms with van der Waals surface area (Å²) in [5.41, 5.74) is 2.38. The predicted octanol–water partition coefficient (Wildman–Crippen LogP) is 3.67. The molecule has 1 aliphatic rings. The Labute approximate surface area is 141 Å². The summed E-state index contributed by atoms with van der Waals surface area (Å²) in [6.07, 6.45) is 7.49. The number of aryl methyl sites for hydroxylation is 1. The molecule has 1 saturated heterocycles. The number of nitrogens with zero attached hydrogens (tertiary/aromatic N) is 4. The van der Waals surface area contributed by atoms with E-state index in [9.17, 15) is 0 Å². The zero-order chi connectivity index (χ0) is 15.9. The average molecular weight is 332 g/mol. The molecule has 2 aromatic rings. The smallest absolute Gasteiger partial charge is 0.214 e. The van der Waals surface area contributed by atoms with Crippen molar-refractivity contribution in [3.8, 4) is 5.69 Å². The Morgan fingerprint density at radius 1 is 1.26 bits per heavy atom. The van der Waals surface area contributed by atoms with Crippen molar-refractivity contribution in [1.82, 2.24) is 20.2 Å². The Morgan fingerprint density at radius 3 is 2.87 bits per heavy atom. The van der Waals surface area contributed by atoms with E-state index in [0.29, 0.717) is 6.10 Å². The molecule has 1 unspecified atom stereocenters. The first-order chi connectivity index (χ1) is 11.4. The number of aromatic nitrogens is 4. The van der Waals surface area contributed by atoms with Crippen LogP contribution in [0.25, 0.3) is 5.69 Å². The molecule has 0 radical (unpaired) electrons. The quantitative estimate of drug-likeness (QED) is 0.724. The number of rotatable bonds is 7. The van der Waals surface area contributed by atoms with Crippen LogP contribution in [0.15, 0.2) is 29.4 Å². The summed E-state index contributed by atoms with van der Waals surface area (Å²) in [6.45, 7) is 3.10. The first-order valence-corrected chi connectivity index (χ1v) is 9.47. The van der Waals surface area contributed by atoms with E-state index >= 15 is 0 Å². The molecule has 1 aliphatic heterocycles. The van der Waals surface area contributed by atoms with Gasteiger partial charge in [-0.2, -0.15) is 4.68 Å². The van der Waals surface area contributed by atoms with E-state index in [1.165, 1.54) is 31.2 Å². The lowest BCUT2D eigenvalue weighted by atomic mass is 10.1. The van der Waals surface area contributed by atoms with Crippen LogP contribution in [0.2, 0.25) is 0 Å². The second-order valence-corrected chi connectivity index (χ2v) is 6.93. The van der Waals surface area contributed by atoms with Gasteiger partial charge in [-0.15, -0.1) is 5.10 Å². The molecule has 1 aromatic heterocycles. The van der Waals surface area contributed by atoms with Crippen LogP contribution in [-0.4, -0.2) is 38.7 Å². The van der Waals surface area contributed by atoms with E-state index in [1.807, 2.05) is 4.68 Å².